The molecular formula is C15H12ClN3OS. The number of fused-ring (bicyclic) bond motifs is 1. The Morgan fingerprint density at radius 1 is 1.24 bits per heavy atom. The lowest BCUT2D eigenvalue weighted by atomic mass is 10.2. The van der Waals surface area contributed by atoms with Gasteiger partial charge in [-0.05, 0) is 36.2 Å². The molecule has 6 heteroatoms. The van der Waals surface area contributed by atoms with Crippen molar-refractivity contribution in [2.75, 3.05) is 0 Å². The summed E-state index contributed by atoms with van der Waals surface area (Å²) in [6.07, 6.45) is 1.69. The van der Waals surface area contributed by atoms with E-state index in [1.165, 1.54) is 16.2 Å². The van der Waals surface area contributed by atoms with Crippen molar-refractivity contribution in [3.05, 3.63) is 69.2 Å². The van der Waals surface area contributed by atoms with Gasteiger partial charge in [0.2, 0.25) is 0 Å². The molecule has 0 N–H and O–H groups in total. The van der Waals surface area contributed by atoms with Crippen LogP contribution in [0.3, 0.4) is 0 Å². The first kappa shape index (κ1) is 14.1. The lowest BCUT2D eigenvalue weighted by Crippen LogP contribution is -2.19. The Balaban J connectivity index is 1.91. The summed E-state index contributed by atoms with van der Waals surface area (Å²) in [5.41, 5.74) is 2.34. The van der Waals surface area contributed by atoms with Crippen LogP contribution in [0.5, 0.6) is 0 Å². The highest BCUT2D eigenvalue weighted by molar-refractivity contribution is 7.98. The molecule has 106 valence electrons. The maximum absolute atomic E-state index is 12.0. The standard InChI is InChI=1S/C15H12ClN3OS/c1-10-6-7-19-13(8-10)17-14(18-15(19)20)21-9-11-4-2-3-5-12(11)16/h2-8H,9H2,1H3. The van der Waals surface area contributed by atoms with Crippen LogP contribution in [0.15, 0.2) is 52.5 Å². The second kappa shape index (κ2) is 5.87. The monoisotopic (exact) mass is 317 g/mol. The quantitative estimate of drug-likeness (QED) is 0.695. The average molecular weight is 318 g/mol. The topological polar surface area (TPSA) is 47.3 Å². The Hall–Kier alpha value is -1.85. The molecule has 3 rings (SSSR count). The molecule has 0 aliphatic heterocycles. The number of pyridine rings is 1. The Bertz CT molecular complexity index is 863. The van der Waals surface area contributed by atoms with Crippen LogP contribution in [0.4, 0.5) is 0 Å². The number of aromatic nitrogens is 3. The first-order chi connectivity index (χ1) is 10.1. The Kier molecular flexibility index (Phi) is 3.94. The van der Waals surface area contributed by atoms with Gasteiger partial charge in [0.25, 0.3) is 0 Å². The largest absolute Gasteiger partial charge is 0.355 e. The highest BCUT2D eigenvalue weighted by atomic mass is 35.5. The normalized spacial score (nSPS) is 11.0. The highest BCUT2D eigenvalue weighted by Gasteiger charge is 2.06. The second-order valence-electron chi connectivity index (χ2n) is 4.60. The first-order valence-electron chi connectivity index (χ1n) is 6.37. The van der Waals surface area contributed by atoms with Crippen LogP contribution in [-0.2, 0) is 5.75 Å². The maximum Gasteiger partial charge on any atom is 0.355 e. The Morgan fingerprint density at radius 2 is 2.05 bits per heavy atom. The van der Waals surface area contributed by atoms with Crippen LogP contribution >= 0.6 is 23.4 Å². The number of hydrogen-bond acceptors (Lipinski definition) is 4. The van der Waals surface area contributed by atoms with Gasteiger partial charge in [-0.25, -0.2) is 9.78 Å². The van der Waals surface area contributed by atoms with Gasteiger partial charge < -0.3 is 0 Å². The predicted octanol–water partition coefficient (Wildman–Crippen LogP) is 3.34. The van der Waals surface area contributed by atoms with Gasteiger partial charge in [0, 0.05) is 17.0 Å². The molecule has 3 aromatic rings. The summed E-state index contributed by atoms with van der Waals surface area (Å²) in [7, 11) is 0. The van der Waals surface area contributed by atoms with Gasteiger partial charge in [-0.1, -0.05) is 41.6 Å². The molecule has 21 heavy (non-hydrogen) atoms. The fourth-order valence-electron chi connectivity index (χ4n) is 1.92. The minimum Gasteiger partial charge on any atom is -0.251 e. The molecule has 0 amide bonds. The zero-order valence-electron chi connectivity index (χ0n) is 11.3. The fourth-order valence-corrected chi connectivity index (χ4v) is 3.04. The third-order valence-electron chi connectivity index (χ3n) is 3.01. The first-order valence-corrected chi connectivity index (χ1v) is 7.73. The van der Waals surface area contributed by atoms with E-state index in [4.69, 9.17) is 11.6 Å². The van der Waals surface area contributed by atoms with E-state index >= 15 is 0 Å². The van der Waals surface area contributed by atoms with Gasteiger partial charge in [-0.3, -0.25) is 4.40 Å². The Morgan fingerprint density at radius 3 is 2.86 bits per heavy atom. The number of hydrogen-bond donors (Lipinski definition) is 0. The van der Waals surface area contributed by atoms with Gasteiger partial charge >= 0.3 is 5.69 Å². The van der Waals surface area contributed by atoms with E-state index < -0.39 is 0 Å². The lowest BCUT2D eigenvalue weighted by Gasteiger charge is -2.05. The second-order valence-corrected chi connectivity index (χ2v) is 5.95. The molecule has 2 heterocycles. The molecule has 0 fully saturated rings. The summed E-state index contributed by atoms with van der Waals surface area (Å²) in [5.74, 6) is 0.626. The van der Waals surface area contributed by atoms with Crippen molar-refractivity contribution < 1.29 is 0 Å². The van der Waals surface area contributed by atoms with E-state index in [2.05, 4.69) is 9.97 Å². The van der Waals surface area contributed by atoms with Crippen LogP contribution in [0, 0.1) is 6.92 Å². The number of rotatable bonds is 3. The van der Waals surface area contributed by atoms with Crippen LogP contribution in [0.1, 0.15) is 11.1 Å². The van der Waals surface area contributed by atoms with Gasteiger partial charge in [0.15, 0.2) is 5.16 Å². The van der Waals surface area contributed by atoms with E-state index in [9.17, 15) is 4.79 Å². The van der Waals surface area contributed by atoms with Crippen LogP contribution in [0.2, 0.25) is 5.02 Å². The van der Waals surface area contributed by atoms with Crippen molar-refractivity contribution >= 4 is 29.0 Å². The van der Waals surface area contributed by atoms with E-state index in [1.807, 2.05) is 43.3 Å². The highest BCUT2D eigenvalue weighted by Crippen LogP contribution is 2.24. The van der Waals surface area contributed by atoms with Gasteiger partial charge in [-0.2, -0.15) is 4.98 Å². The van der Waals surface area contributed by atoms with Crippen LogP contribution < -0.4 is 5.69 Å². The minimum atomic E-state index is -0.318. The number of halogens is 1. The minimum absolute atomic E-state index is 0.318. The molecule has 0 atom stereocenters. The summed E-state index contributed by atoms with van der Waals surface area (Å²) in [5, 5.41) is 1.17. The summed E-state index contributed by atoms with van der Waals surface area (Å²) in [6, 6.07) is 11.3. The van der Waals surface area contributed by atoms with Crippen molar-refractivity contribution in [1.29, 1.82) is 0 Å². The van der Waals surface area contributed by atoms with Crippen LogP contribution in [0.25, 0.3) is 5.65 Å². The number of aryl methyl sites for hydroxylation is 1. The van der Waals surface area contributed by atoms with Crippen molar-refractivity contribution in [3.63, 3.8) is 0 Å². The fraction of sp³-hybridized carbons (Fsp3) is 0.133. The molecule has 0 radical (unpaired) electrons. The third kappa shape index (κ3) is 3.09. The number of thioether (sulfide) groups is 1. The molecule has 0 aliphatic carbocycles. The molecule has 0 spiro atoms. The van der Waals surface area contributed by atoms with Gasteiger partial charge in [0.1, 0.15) is 5.65 Å². The summed E-state index contributed by atoms with van der Waals surface area (Å²) < 4.78 is 1.44. The predicted molar refractivity (Wildman–Crippen MR) is 85.0 cm³/mol. The van der Waals surface area contributed by atoms with Crippen molar-refractivity contribution in [2.24, 2.45) is 0 Å². The number of nitrogens with zero attached hydrogens (tertiary/aromatic N) is 3. The maximum atomic E-state index is 12.0. The SMILES string of the molecule is Cc1ccn2c(=O)nc(SCc3ccccc3Cl)nc2c1. The van der Waals surface area contributed by atoms with Crippen molar-refractivity contribution in [2.45, 2.75) is 17.8 Å². The summed E-state index contributed by atoms with van der Waals surface area (Å²) in [6.45, 7) is 1.96. The molecule has 0 bridgehead atoms. The Labute approximate surface area is 130 Å². The molecule has 0 saturated heterocycles. The smallest absolute Gasteiger partial charge is 0.251 e. The number of benzene rings is 1. The van der Waals surface area contributed by atoms with Crippen molar-refractivity contribution in [1.82, 2.24) is 14.4 Å². The molecule has 1 aromatic carbocycles. The molecule has 0 saturated carbocycles. The van der Waals surface area contributed by atoms with Gasteiger partial charge in [0.05, 0.1) is 0 Å². The zero-order chi connectivity index (χ0) is 14.8. The summed E-state index contributed by atoms with van der Waals surface area (Å²) >= 11 is 7.52. The molecule has 2 aromatic heterocycles. The molecule has 4 nitrogen and oxygen atoms in total. The van der Waals surface area contributed by atoms with E-state index in [1.54, 1.807) is 6.20 Å². The van der Waals surface area contributed by atoms with E-state index in [0.29, 0.717) is 21.6 Å². The van der Waals surface area contributed by atoms with Crippen LogP contribution in [-0.4, -0.2) is 14.4 Å². The molecule has 0 unspecified atom stereocenters. The zero-order valence-corrected chi connectivity index (χ0v) is 12.9. The molecular weight excluding hydrogens is 306 g/mol. The van der Waals surface area contributed by atoms with Gasteiger partial charge in [-0.15, -0.1) is 0 Å². The van der Waals surface area contributed by atoms with Crippen molar-refractivity contribution in [3.8, 4) is 0 Å². The average Bonchev–Trinajstić information content (AvgIpc) is 2.46. The third-order valence-corrected chi connectivity index (χ3v) is 4.28. The summed E-state index contributed by atoms with van der Waals surface area (Å²) in [4.78, 5) is 20.4. The van der Waals surface area contributed by atoms with E-state index in [0.717, 1.165) is 11.1 Å². The molecule has 0 aliphatic rings. The van der Waals surface area contributed by atoms with E-state index in [-0.39, 0.29) is 5.69 Å². The lowest BCUT2D eigenvalue weighted by molar-refractivity contribution is 0.845.